The van der Waals surface area contributed by atoms with Gasteiger partial charge in [0.25, 0.3) is 5.56 Å². The number of hydrogen-bond acceptors (Lipinski definition) is 6. The number of aromatic amines is 1. The molecule has 0 spiro atoms. The van der Waals surface area contributed by atoms with Crippen molar-refractivity contribution in [1.82, 2.24) is 14.9 Å². The molecule has 2 aliphatic heterocycles. The molecule has 1 saturated heterocycles. The van der Waals surface area contributed by atoms with E-state index in [4.69, 9.17) is 14.5 Å². The zero-order chi connectivity index (χ0) is 19.4. The molecule has 1 N–H and O–H groups in total. The zero-order valence-electron chi connectivity index (χ0n) is 16.2. The molecule has 0 saturated carbocycles. The first kappa shape index (κ1) is 17.5. The van der Waals surface area contributed by atoms with Gasteiger partial charge in [0, 0.05) is 10.9 Å². The van der Waals surface area contributed by atoms with Crippen LogP contribution >= 0.6 is 11.3 Å². The van der Waals surface area contributed by atoms with E-state index in [1.807, 2.05) is 6.07 Å². The van der Waals surface area contributed by atoms with Crippen molar-refractivity contribution in [2.45, 2.75) is 44.7 Å². The van der Waals surface area contributed by atoms with Gasteiger partial charge in [0.2, 0.25) is 0 Å². The number of aryl methyl sites for hydroxylation is 2. The van der Waals surface area contributed by atoms with Crippen LogP contribution in [0.2, 0.25) is 0 Å². The van der Waals surface area contributed by atoms with E-state index >= 15 is 0 Å². The van der Waals surface area contributed by atoms with Gasteiger partial charge in [-0.25, -0.2) is 4.98 Å². The third-order valence-electron chi connectivity index (χ3n) is 6.29. The molecule has 0 radical (unpaired) electrons. The molecule has 150 valence electrons. The van der Waals surface area contributed by atoms with Crippen molar-refractivity contribution < 1.29 is 9.47 Å². The highest BCUT2D eigenvalue weighted by Gasteiger charge is 2.28. The third-order valence-corrected chi connectivity index (χ3v) is 7.48. The highest BCUT2D eigenvalue weighted by Crippen LogP contribution is 2.39. The maximum Gasteiger partial charge on any atom is 0.259 e. The predicted molar refractivity (Wildman–Crippen MR) is 112 cm³/mol. The molecule has 1 aromatic carbocycles. The molecule has 0 bridgehead atoms. The van der Waals surface area contributed by atoms with Gasteiger partial charge < -0.3 is 14.5 Å². The topological polar surface area (TPSA) is 67.5 Å². The van der Waals surface area contributed by atoms with Gasteiger partial charge in [0.05, 0.1) is 11.9 Å². The maximum absolute atomic E-state index is 12.8. The highest BCUT2D eigenvalue weighted by atomic mass is 32.1. The molecule has 6 nitrogen and oxygen atoms in total. The Morgan fingerprint density at radius 3 is 3.00 bits per heavy atom. The molecule has 1 atom stereocenters. The number of benzene rings is 1. The Morgan fingerprint density at radius 1 is 1.17 bits per heavy atom. The van der Waals surface area contributed by atoms with Crippen molar-refractivity contribution in [1.29, 1.82) is 0 Å². The van der Waals surface area contributed by atoms with E-state index in [1.165, 1.54) is 16.0 Å². The average molecular weight is 410 g/mol. The summed E-state index contributed by atoms with van der Waals surface area (Å²) in [7, 11) is 0. The van der Waals surface area contributed by atoms with E-state index < -0.39 is 0 Å². The van der Waals surface area contributed by atoms with Crippen molar-refractivity contribution in [3.63, 3.8) is 0 Å². The fraction of sp³-hybridized carbons (Fsp3) is 0.455. The van der Waals surface area contributed by atoms with Crippen LogP contribution in [-0.2, 0) is 19.4 Å². The first-order chi connectivity index (χ1) is 14.3. The number of nitrogens with zero attached hydrogens (tertiary/aromatic N) is 2. The number of hydrogen-bond donors (Lipinski definition) is 1. The van der Waals surface area contributed by atoms with Crippen LogP contribution in [0.1, 0.15) is 47.1 Å². The Bertz CT molecular complexity index is 1150. The number of H-pyrrole nitrogens is 1. The largest absolute Gasteiger partial charge is 0.486 e. The minimum absolute atomic E-state index is 0.0273. The first-order valence-corrected chi connectivity index (χ1v) is 11.2. The lowest BCUT2D eigenvalue weighted by Gasteiger charge is -2.26. The number of thiophene rings is 1. The van der Waals surface area contributed by atoms with Gasteiger partial charge in [-0.2, -0.15) is 0 Å². The SMILES string of the molecule is O=c1[nH]c(CN2CCC[C@H]2c2ccc3c(c2)OCCO3)nc2sc3c(c12)CCC3. The Hall–Kier alpha value is -2.38. The van der Waals surface area contributed by atoms with Gasteiger partial charge in [-0.1, -0.05) is 6.07 Å². The highest BCUT2D eigenvalue weighted by molar-refractivity contribution is 7.18. The van der Waals surface area contributed by atoms with Gasteiger partial charge in [-0.05, 0) is 61.9 Å². The maximum atomic E-state index is 12.8. The van der Waals surface area contributed by atoms with Gasteiger partial charge in [-0.3, -0.25) is 9.69 Å². The average Bonchev–Trinajstić information content (AvgIpc) is 3.43. The normalized spacial score (nSPS) is 21.0. The Balaban J connectivity index is 1.29. The van der Waals surface area contributed by atoms with Gasteiger partial charge in [0.1, 0.15) is 23.9 Å². The van der Waals surface area contributed by atoms with E-state index in [9.17, 15) is 4.79 Å². The summed E-state index contributed by atoms with van der Waals surface area (Å²) in [6, 6.07) is 6.57. The van der Waals surface area contributed by atoms with Crippen molar-refractivity contribution >= 4 is 21.6 Å². The fourth-order valence-corrected chi connectivity index (χ4v) is 6.26. The lowest BCUT2D eigenvalue weighted by atomic mass is 10.0. The number of rotatable bonds is 3. The lowest BCUT2D eigenvalue weighted by molar-refractivity contribution is 0.170. The van der Waals surface area contributed by atoms with Crippen LogP contribution in [0, 0.1) is 0 Å². The minimum Gasteiger partial charge on any atom is -0.486 e. The summed E-state index contributed by atoms with van der Waals surface area (Å²) in [6.07, 6.45) is 5.49. The number of fused-ring (bicyclic) bond motifs is 4. The van der Waals surface area contributed by atoms with Crippen LogP contribution in [-0.4, -0.2) is 34.6 Å². The van der Waals surface area contributed by atoms with Crippen LogP contribution in [0.5, 0.6) is 11.5 Å². The molecular formula is C22H23N3O3S. The van der Waals surface area contributed by atoms with Gasteiger partial charge in [-0.15, -0.1) is 11.3 Å². The molecule has 0 amide bonds. The Morgan fingerprint density at radius 2 is 2.07 bits per heavy atom. The molecule has 4 heterocycles. The summed E-state index contributed by atoms with van der Waals surface area (Å²) in [5, 5.41) is 0.830. The standard InChI is InChI=1S/C22H23N3O3S/c26-21-20-14-3-1-5-18(14)29-22(20)24-19(23-21)12-25-8-2-4-15(25)13-6-7-16-17(11-13)28-10-9-27-16/h6-7,11,15H,1-5,8-10,12H2,(H,23,24,26)/t15-/m0/s1. The van der Waals surface area contributed by atoms with Crippen molar-refractivity contribution in [3.8, 4) is 11.5 Å². The predicted octanol–water partition coefficient (Wildman–Crippen LogP) is 3.58. The van der Waals surface area contributed by atoms with Crippen molar-refractivity contribution in [2.75, 3.05) is 19.8 Å². The molecule has 29 heavy (non-hydrogen) atoms. The molecule has 3 aliphatic rings. The summed E-state index contributed by atoms with van der Waals surface area (Å²) in [5.74, 6) is 2.43. The first-order valence-electron chi connectivity index (χ1n) is 10.4. The molecule has 3 aromatic rings. The zero-order valence-corrected chi connectivity index (χ0v) is 17.0. The van der Waals surface area contributed by atoms with E-state index in [0.29, 0.717) is 25.8 Å². The van der Waals surface area contributed by atoms with E-state index in [0.717, 1.165) is 66.2 Å². The fourth-order valence-electron chi connectivity index (χ4n) is 4.97. The van der Waals surface area contributed by atoms with Crippen LogP contribution in [0.4, 0.5) is 0 Å². The summed E-state index contributed by atoms with van der Waals surface area (Å²) in [4.78, 5) is 25.3. The summed E-state index contributed by atoms with van der Waals surface area (Å²) >= 11 is 1.71. The van der Waals surface area contributed by atoms with Crippen molar-refractivity contribution in [2.24, 2.45) is 0 Å². The minimum atomic E-state index is 0.0273. The molecular weight excluding hydrogens is 386 g/mol. The summed E-state index contributed by atoms with van der Waals surface area (Å²) in [6.45, 7) is 2.87. The second kappa shape index (κ2) is 6.85. The van der Waals surface area contributed by atoms with Crippen LogP contribution in [0.15, 0.2) is 23.0 Å². The van der Waals surface area contributed by atoms with E-state index in [-0.39, 0.29) is 5.56 Å². The number of ether oxygens (including phenoxy) is 2. The van der Waals surface area contributed by atoms with Gasteiger partial charge in [0.15, 0.2) is 11.5 Å². The molecule has 1 fully saturated rings. The molecule has 0 unspecified atom stereocenters. The number of nitrogens with one attached hydrogen (secondary N) is 1. The van der Waals surface area contributed by atoms with Crippen LogP contribution in [0.3, 0.4) is 0 Å². The second-order valence-corrected chi connectivity index (χ2v) is 9.17. The smallest absolute Gasteiger partial charge is 0.259 e. The summed E-state index contributed by atoms with van der Waals surface area (Å²) in [5.41, 5.74) is 2.50. The van der Waals surface area contributed by atoms with Gasteiger partial charge >= 0.3 is 0 Å². The van der Waals surface area contributed by atoms with Crippen LogP contribution < -0.4 is 15.0 Å². The number of aromatic nitrogens is 2. The quantitative estimate of drug-likeness (QED) is 0.716. The van der Waals surface area contributed by atoms with Crippen molar-refractivity contribution in [3.05, 3.63) is 50.4 Å². The summed E-state index contributed by atoms with van der Waals surface area (Å²) < 4.78 is 11.4. The second-order valence-electron chi connectivity index (χ2n) is 8.08. The van der Waals surface area contributed by atoms with E-state index in [2.05, 4.69) is 22.0 Å². The monoisotopic (exact) mass is 409 g/mol. The van der Waals surface area contributed by atoms with Crippen LogP contribution in [0.25, 0.3) is 10.2 Å². The molecule has 1 aliphatic carbocycles. The molecule has 6 rings (SSSR count). The molecule has 7 heteroatoms. The lowest BCUT2D eigenvalue weighted by Crippen LogP contribution is -2.26. The number of likely N-dealkylation sites (tertiary alicyclic amines) is 1. The van der Waals surface area contributed by atoms with E-state index in [1.54, 1.807) is 11.3 Å². The Kier molecular flexibility index (Phi) is 4.13. The Labute approximate surface area is 172 Å². The molecule has 2 aromatic heterocycles. The third kappa shape index (κ3) is 2.95.